The van der Waals surface area contributed by atoms with Gasteiger partial charge in [-0.1, -0.05) is 48.5 Å². The van der Waals surface area contributed by atoms with Gasteiger partial charge in [0.1, 0.15) is 6.61 Å². The molecule has 1 heterocycles. The number of carbonyl (C=O) groups is 2. The van der Waals surface area contributed by atoms with Gasteiger partial charge in [0.05, 0.1) is 24.7 Å². The van der Waals surface area contributed by atoms with Gasteiger partial charge in [0.25, 0.3) is 0 Å². The molecule has 2 aliphatic rings. The van der Waals surface area contributed by atoms with E-state index in [-0.39, 0.29) is 30.7 Å². The molecule has 0 bridgehead atoms. The number of ether oxygens (including phenoxy) is 2. The molecule has 1 amide bonds. The molecule has 1 aliphatic carbocycles. The Morgan fingerprint density at radius 3 is 2.16 bits per heavy atom. The van der Waals surface area contributed by atoms with Gasteiger partial charge >= 0.3 is 12.1 Å². The third-order valence-electron chi connectivity index (χ3n) is 5.88. The Kier molecular flexibility index (Phi) is 5.75. The minimum atomic E-state index is -0.933. The lowest BCUT2D eigenvalue weighted by Gasteiger charge is -2.25. The molecule has 1 N–H and O–H groups in total. The number of benzene rings is 2. The van der Waals surface area contributed by atoms with Crippen molar-refractivity contribution < 1.29 is 24.2 Å². The number of likely N-dealkylation sites (tertiary alicyclic amines) is 1. The average molecular weight is 424 g/mol. The predicted molar refractivity (Wildman–Crippen MR) is 117 cm³/mol. The summed E-state index contributed by atoms with van der Waals surface area (Å²) in [6.07, 6.45) is -0.306. The Morgan fingerprint density at radius 1 is 1.03 bits per heavy atom. The fraction of sp³-hybridized carbons (Fsp3) is 0.440. The van der Waals surface area contributed by atoms with Gasteiger partial charge in [0, 0.05) is 12.0 Å². The topological polar surface area (TPSA) is 76.1 Å². The van der Waals surface area contributed by atoms with E-state index in [4.69, 9.17) is 9.47 Å². The largest absolute Gasteiger partial charge is 0.481 e. The molecule has 31 heavy (non-hydrogen) atoms. The van der Waals surface area contributed by atoms with E-state index in [1.54, 1.807) is 0 Å². The molecule has 1 aliphatic heterocycles. The zero-order valence-electron chi connectivity index (χ0n) is 18.2. The molecule has 2 atom stereocenters. The zero-order chi connectivity index (χ0) is 22.2. The third-order valence-corrected chi connectivity index (χ3v) is 5.88. The summed E-state index contributed by atoms with van der Waals surface area (Å²) in [4.78, 5) is 25.8. The minimum Gasteiger partial charge on any atom is -0.481 e. The van der Waals surface area contributed by atoms with Crippen LogP contribution in [0.4, 0.5) is 4.79 Å². The van der Waals surface area contributed by atoms with Crippen LogP contribution >= 0.6 is 0 Å². The van der Waals surface area contributed by atoms with E-state index in [9.17, 15) is 14.7 Å². The minimum absolute atomic E-state index is 0.0292. The molecule has 0 aromatic heterocycles. The summed E-state index contributed by atoms with van der Waals surface area (Å²) >= 11 is 0. The van der Waals surface area contributed by atoms with Crippen LogP contribution < -0.4 is 0 Å². The normalized spacial score (nSPS) is 20.4. The second-order valence-corrected chi connectivity index (χ2v) is 9.30. The summed E-state index contributed by atoms with van der Waals surface area (Å²) in [6.45, 7) is 6.42. The maximum Gasteiger partial charge on any atom is 0.410 e. The van der Waals surface area contributed by atoms with Crippen LogP contribution in [0, 0.1) is 0 Å². The smallest absolute Gasteiger partial charge is 0.410 e. The molecule has 2 aromatic rings. The highest BCUT2D eigenvalue weighted by Gasteiger charge is 2.40. The number of amides is 1. The quantitative estimate of drug-likeness (QED) is 0.756. The summed E-state index contributed by atoms with van der Waals surface area (Å²) in [5.41, 5.74) is 4.27. The van der Waals surface area contributed by atoms with Crippen LogP contribution in [0.25, 0.3) is 11.1 Å². The van der Waals surface area contributed by atoms with Crippen molar-refractivity contribution in [2.24, 2.45) is 0 Å². The lowest BCUT2D eigenvalue weighted by molar-refractivity contribution is -0.138. The second-order valence-electron chi connectivity index (χ2n) is 9.30. The number of carboxylic acid groups (broad SMARTS) is 1. The van der Waals surface area contributed by atoms with E-state index in [1.807, 2.05) is 45.0 Å². The molecule has 0 spiro atoms. The molecule has 6 heteroatoms. The van der Waals surface area contributed by atoms with E-state index in [1.165, 1.54) is 16.0 Å². The van der Waals surface area contributed by atoms with Crippen LogP contribution in [-0.4, -0.2) is 53.0 Å². The molecular weight excluding hydrogens is 394 g/mol. The van der Waals surface area contributed by atoms with Crippen molar-refractivity contribution in [2.45, 2.75) is 57.3 Å². The number of hydrogen-bond donors (Lipinski definition) is 1. The summed E-state index contributed by atoms with van der Waals surface area (Å²) in [5.74, 6) is -0.962. The maximum atomic E-state index is 13.0. The van der Waals surface area contributed by atoms with Gasteiger partial charge in [-0.2, -0.15) is 0 Å². The van der Waals surface area contributed by atoms with Crippen molar-refractivity contribution in [2.75, 3.05) is 13.2 Å². The lowest BCUT2D eigenvalue weighted by Crippen LogP contribution is -2.38. The van der Waals surface area contributed by atoms with Gasteiger partial charge in [-0.3, -0.25) is 4.79 Å². The van der Waals surface area contributed by atoms with Crippen molar-refractivity contribution in [1.29, 1.82) is 0 Å². The van der Waals surface area contributed by atoms with Gasteiger partial charge in [0.15, 0.2) is 0 Å². The molecule has 4 rings (SSSR count). The number of rotatable bonds is 5. The summed E-state index contributed by atoms with van der Waals surface area (Å²) in [6, 6.07) is 15.9. The average Bonchev–Trinajstić information content (AvgIpc) is 3.23. The van der Waals surface area contributed by atoms with E-state index in [2.05, 4.69) is 24.3 Å². The van der Waals surface area contributed by atoms with Crippen LogP contribution in [-0.2, 0) is 14.3 Å². The van der Waals surface area contributed by atoms with Crippen molar-refractivity contribution >= 4 is 12.1 Å². The Balaban J connectivity index is 1.48. The zero-order valence-corrected chi connectivity index (χ0v) is 18.2. The van der Waals surface area contributed by atoms with E-state index in [0.717, 1.165) is 11.1 Å². The van der Waals surface area contributed by atoms with E-state index < -0.39 is 18.1 Å². The molecule has 1 saturated heterocycles. The summed E-state index contributed by atoms with van der Waals surface area (Å²) in [5, 5.41) is 9.29. The Bertz CT molecular complexity index is 934. The first-order valence-corrected chi connectivity index (χ1v) is 10.7. The molecule has 1 fully saturated rings. The fourth-order valence-electron chi connectivity index (χ4n) is 4.75. The molecule has 164 valence electrons. The van der Waals surface area contributed by atoms with Crippen LogP contribution in [0.5, 0.6) is 0 Å². The van der Waals surface area contributed by atoms with Crippen molar-refractivity contribution in [3.8, 4) is 11.1 Å². The first-order chi connectivity index (χ1) is 14.7. The highest BCUT2D eigenvalue weighted by molar-refractivity contribution is 5.79. The second kappa shape index (κ2) is 8.35. The number of hydrogen-bond acceptors (Lipinski definition) is 4. The number of nitrogens with zero attached hydrogens (tertiary/aromatic N) is 1. The Hall–Kier alpha value is -2.86. The summed E-state index contributed by atoms with van der Waals surface area (Å²) < 4.78 is 11.8. The molecule has 0 radical (unpaired) electrons. The van der Waals surface area contributed by atoms with Gasteiger partial charge < -0.3 is 19.5 Å². The first kappa shape index (κ1) is 21.4. The maximum absolute atomic E-state index is 13.0. The number of carboxylic acids is 1. The van der Waals surface area contributed by atoms with Crippen molar-refractivity contribution in [3.63, 3.8) is 0 Å². The van der Waals surface area contributed by atoms with Crippen LogP contribution in [0.2, 0.25) is 0 Å². The standard InChI is InChI=1S/C25H29NO5/c1-25(2,3)31-17-12-16(13-23(27)28)26(14-17)24(29)30-15-22-20-10-6-4-8-18(20)19-9-5-7-11-21(19)22/h4-11,16-17,22H,12-15H2,1-3H3,(H,27,28)/t16-,17?/m0/s1. The van der Waals surface area contributed by atoms with Gasteiger partial charge in [-0.05, 0) is 49.4 Å². The molecule has 6 nitrogen and oxygen atoms in total. The number of aliphatic carboxylic acids is 1. The van der Waals surface area contributed by atoms with Crippen LogP contribution in [0.15, 0.2) is 48.5 Å². The molecule has 0 saturated carbocycles. The molecule has 2 aromatic carbocycles. The predicted octanol–water partition coefficient (Wildman–Crippen LogP) is 4.67. The number of carbonyl (C=O) groups excluding carboxylic acids is 1. The SMILES string of the molecule is CC(C)(C)OC1C[C@@H](CC(=O)O)N(C(=O)OCC2c3ccccc3-c3ccccc32)C1. The highest BCUT2D eigenvalue weighted by Crippen LogP contribution is 2.44. The van der Waals surface area contributed by atoms with E-state index in [0.29, 0.717) is 13.0 Å². The molecule has 1 unspecified atom stereocenters. The first-order valence-electron chi connectivity index (χ1n) is 10.7. The van der Waals surface area contributed by atoms with Crippen LogP contribution in [0.1, 0.15) is 50.7 Å². The van der Waals surface area contributed by atoms with Gasteiger partial charge in [-0.15, -0.1) is 0 Å². The van der Waals surface area contributed by atoms with Gasteiger partial charge in [0.2, 0.25) is 0 Å². The third kappa shape index (κ3) is 4.59. The Labute approximate surface area is 182 Å². The number of fused-ring (bicyclic) bond motifs is 3. The fourth-order valence-corrected chi connectivity index (χ4v) is 4.75. The Morgan fingerprint density at radius 2 is 1.61 bits per heavy atom. The van der Waals surface area contributed by atoms with Gasteiger partial charge in [-0.25, -0.2) is 4.79 Å². The highest BCUT2D eigenvalue weighted by atomic mass is 16.6. The van der Waals surface area contributed by atoms with E-state index >= 15 is 0 Å². The molecular formula is C25H29NO5. The van der Waals surface area contributed by atoms with Crippen molar-refractivity contribution in [1.82, 2.24) is 4.90 Å². The monoisotopic (exact) mass is 423 g/mol. The lowest BCUT2D eigenvalue weighted by atomic mass is 9.98. The van der Waals surface area contributed by atoms with Crippen molar-refractivity contribution in [3.05, 3.63) is 59.7 Å². The summed E-state index contributed by atoms with van der Waals surface area (Å²) in [7, 11) is 0. The van der Waals surface area contributed by atoms with Crippen LogP contribution in [0.3, 0.4) is 0 Å².